The van der Waals surface area contributed by atoms with Crippen LogP contribution in [0.5, 0.6) is 17.2 Å². The second-order valence-corrected chi connectivity index (χ2v) is 7.81. The topological polar surface area (TPSA) is 157 Å². The molecule has 176 valence electrons. The summed E-state index contributed by atoms with van der Waals surface area (Å²) in [6.07, 6.45) is 1.01. The number of aromatic hydroxyl groups is 1. The van der Waals surface area contributed by atoms with Gasteiger partial charge in [-0.15, -0.1) is 0 Å². The first-order valence-corrected chi connectivity index (χ1v) is 10.4. The monoisotopic (exact) mass is 472 g/mol. The van der Waals surface area contributed by atoms with E-state index in [1.54, 1.807) is 26.0 Å². The molecule has 10 heteroatoms. The number of carbonyl (C=O) groups excluding carboxylic acids is 2. The number of aromatic nitrogens is 3. The average molecular weight is 472 g/mol. The lowest BCUT2D eigenvalue weighted by molar-refractivity contribution is 0.0996. The summed E-state index contributed by atoms with van der Waals surface area (Å²) in [5, 5.41) is 14.1. The van der Waals surface area contributed by atoms with Gasteiger partial charge in [0.05, 0.1) is 11.3 Å². The highest BCUT2D eigenvalue weighted by Gasteiger charge is 2.17. The number of aryl methyl sites for hydroxylation is 2. The zero-order chi connectivity index (χ0) is 25.3. The molecule has 0 aliphatic heterocycles. The molecular weight excluding hydrogens is 452 g/mol. The van der Waals surface area contributed by atoms with Gasteiger partial charge in [0.25, 0.3) is 5.56 Å². The highest BCUT2D eigenvalue weighted by molar-refractivity contribution is 6.11. The fourth-order valence-electron chi connectivity index (χ4n) is 3.57. The Morgan fingerprint density at radius 3 is 2.20 bits per heavy atom. The first kappa shape index (κ1) is 23.2. The predicted molar refractivity (Wildman–Crippen MR) is 127 cm³/mol. The molecule has 4 aromatic rings. The number of ether oxygens (including phenoxy) is 1. The number of nitrogens with one attached hydrogen (secondary N) is 1. The number of ketones is 1. The van der Waals surface area contributed by atoms with Crippen LogP contribution < -0.4 is 21.7 Å². The number of H-pyrrole nitrogens is 1. The minimum atomic E-state index is -0.671. The highest BCUT2D eigenvalue weighted by Crippen LogP contribution is 2.33. The number of amides is 1. The Hall–Kier alpha value is -4.99. The number of phenolic OH excluding ortho intramolecular Hbond substituents is 1. The molecule has 0 fully saturated rings. The van der Waals surface area contributed by atoms with E-state index in [9.17, 15) is 24.3 Å². The molecule has 0 atom stereocenters. The van der Waals surface area contributed by atoms with E-state index < -0.39 is 22.9 Å². The van der Waals surface area contributed by atoms with Crippen molar-refractivity contribution in [3.05, 3.63) is 109 Å². The molecule has 35 heavy (non-hydrogen) atoms. The van der Waals surface area contributed by atoms with Gasteiger partial charge in [-0.3, -0.25) is 19.4 Å². The number of aromatic amines is 1. The molecule has 0 spiro atoms. The molecule has 0 saturated heterocycles. The zero-order valence-corrected chi connectivity index (χ0v) is 18.7. The summed E-state index contributed by atoms with van der Waals surface area (Å²) >= 11 is 0. The second kappa shape index (κ2) is 9.10. The van der Waals surface area contributed by atoms with Crippen molar-refractivity contribution in [3.8, 4) is 22.9 Å². The number of rotatable bonds is 6. The summed E-state index contributed by atoms with van der Waals surface area (Å²) in [5.74, 6) is -0.510. The largest absolute Gasteiger partial charge is 0.507 e. The maximum absolute atomic E-state index is 12.9. The Bertz CT molecular complexity index is 1560. The standard InChI is InChI=1S/C25H20N4O6/c1-13-9-17(29-25(34)28-21(31)12-27-29)10-14(2)23(13)35-18-7-8-20(30)19(11-18)22(32)15-3-5-16(6-4-15)24(26)33/h3-12,30H,1-2H3,(H2,26,33)(H,28,31,34). The lowest BCUT2D eigenvalue weighted by Crippen LogP contribution is -2.30. The Labute approximate surface area is 198 Å². The van der Waals surface area contributed by atoms with E-state index >= 15 is 0 Å². The summed E-state index contributed by atoms with van der Waals surface area (Å²) in [6, 6.07) is 13.4. The van der Waals surface area contributed by atoms with E-state index in [1.807, 2.05) is 0 Å². The Balaban J connectivity index is 1.65. The minimum Gasteiger partial charge on any atom is -0.507 e. The van der Waals surface area contributed by atoms with Crippen LogP contribution in [0.25, 0.3) is 5.69 Å². The first-order chi connectivity index (χ1) is 16.6. The third-order valence-electron chi connectivity index (χ3n) is 5.27. The van der Waals surface area contributed by atoms with Crippen molar-refractivity contribution in [2.75, 3.05) is 0 Å². The number of carbonyl (C=O) groups is 2. The van der Waals surface area contributed by atoms with Crippen molar-refractivity contribution < 1.29 is 19.4 Å². The Kier molecular flexibility index (Phi) is 6.03. The van der Waals surface area contributed by atoms with E-state index in [-0.39, 0.29) is 22.4 Å². The van der Waals surface area contributed by atoms with Crippen LogP contribution in [-0.2, 0) is 0 Å². The molecule has 4 rings (SSSR count). The van der Waals surface area contributed by atoms with Crippen LogP contribution in [0, 0.1) is 13.8 Å². The van der Waals surface area contributed by atoms with Crippen LogP contribution in [0.15, 0.2) is 70.4 Å². The fraction of sp³-hybridized carbons (Fsp3) is 0.0800. The molecule has 1 heterocycles. The van der Waals surface area contributed by atoms with Gasteiger partial charge in [0.1, 0.15) is 23.4 Å². The van der Waals surface area contributed by atoms with Crippen molar-refractivity contribution in [2.45, 2.75) is 13.8 Å². The van der Waals surface area contributed by atoms with Crippen LogP contribution >= 0.6 is 0 Å². The van der Waals surface area contributed by atoms with Crippen LogP contribution in [-0.4, -0.2) is 31.6 Å². The molecule has 1 amide bonds. The SMILES string of the molecule is Cc1cc(-n2ncc(=O)[nH]c2=O)cc(C)c1Oc1ccc(O)c(C(=O)c2ccc(C(N)=O)cc2)c1. The predicted octanol–water partition coefficient (Wildman–Crippen LogP) is 2.37. The molecule has 0 unspecified atom stereocenters. The van der Waals surface area contributed by atoms with Gasteiger partial charge in [-0.1, -0.05) is 12.1 Å². The van der Waals surface area contributed by atoms with Crippen LogP contribution in [0.4, 0.5) is 0 Å². The highest BCUT2D eigenvalue weighted by atomic mass is 16.5. The third kappa shape index (κ3) is 4.71. The van der Waals surface area contributed by atoms with Gasteiger partial charge < -0.3 is 15.6 Å². The third-order valence-corrected chi connectivity index (χ3v) is 5.27. The number of nitrogens with two attached hydrogens (primary N) is 1. The zero-order valence-electron chi connectivity index (χ0n) is 18.7. The number of nitrogens with zero attached hydrogens (tertiary/aromatic N) is 2. The van der Waals surface area contributed by atoms with E-state index in [4.69, 9.17) is 10.5 Å². The smallest absolute Gasteiger partial charge is 0.349 e. The maximum atomic E-state index is 12.9. The van der Waals surface area contributed by atoms with Gasteiger partial charge in [-0.25, -0.2) is 4.79 Å². The normalized spacial score (nSPS) is 10.7. The van der Waals surface area contributed by atoms with Gasteiger partial charge in [0, 0.05) is 11.1 Å². The van der Waals surface area contributed by atoms with Gasteiger partial charge in [0.2, 0.25) is 5.91 Å². The lowest BCUT2D eigenvalue weighted by Gasteiger charge is -2.15. The molecule has 0 radical (unpaired) electrons. The molecule has 0 saturated carbocycles. The van der Waals surface area contributed by atoms with Crippen LogP contribution in [0.2, 0.25) is 0 Å². The van der Waals surface area contributed by atoms with Gasteiger partial charge in [-0.2, -0.15) is 9.78 Å². The summed E-state index contributed by atoms with van der Waals surface area (Å²) in [7, 11) is 0. The summed E-state index contributed by atoms with van der Waals surface area (Å²) < 4.78 is 7.08. The number of benzene rings is 3. The maximum Gasteiger partial charge on any atom is 0.349 e. The van der Waals surface area contributed by atoms with Crippen molar-refractivity contribution in [3.63, 3.8) is 0 Å². The molecule has 0 aliphatic carbocycles. The average Bonchev–Trinajstić information content (AvgIpc) is 2.82. The molecule has 10 nitrogen and oxygen atoms in total. The summed E-state index contributed by atoms with van der Waals surface area (Å²) in [6.45, 7) is 3.55. The van der Waals surface area contributed by atoms with Crippen LogP contribution in [0.1, 0.15) is 37.4 Å². The molecule has 0 aliphatic rings. The second-order valence-electron chi connectivity index (χ2n) is 7.81. The number of hydrogen-bond donors (Lipinski definition) is 3. The van der Waals surface area contributed by atoms with Gasteiger partial charge in [0.15, 0.2) is 5.78 Å². The van der Waals surface area contributed by atoms with Crippen molar-refractivity contribution in [1.82, 2.24) is 14.8 Å². The molecule has 4 N–H and O–H groups in total. The van der Waals surface area contributed by atoms with E-state index in [0.29, 0.717) is 28.3 Å². The number of hydrogen-bond acceptors (Lipinski definition) is 7. The molecular formula is C25H20N4O6. The first-order valence-electron chi connectivity index (χ1n) is 10.4. The molecule has 3 aromatic carbocycles. The number of primary amides is 1. The van der Waals surface area contributed by atoms with Crippen LogP contribution in [0.3, 0.4) is 0 Å². The minimum absolute atomic E-state index is 0.0187. The quantitative estimate of drug-likeness (QED) is 0.364. The Morgan fingerprint density at radius 1 is 0.971 bits per heavy atom. The van der Waals surface area contributed by atoms with Gasteiger partial charge in [-0.05, 0) is 67.4 Å². The summed E-state index contributed by atoms with van der Waals surface area (Å²) in [5.41, 5.74) is 6.29. The van der Waals surface area contributed by atoms with Gasteiger partial charge >= 0.3 is 5.69 Å². The van der Waals surface area contributed by atoms with Crippen molar-refractivity contribution in [1.29, 1.82) is 0 Å². The number of phenols is 1. The van der Waals surface area contributed by atoms with E-state index in [2.05, 4.69) is 10.1 Å². The van der Waals surface area contributed by atoms with Crippen molar-refractivity contribution in [2.24, 2.45) is 5.73 Å². The lowest BCUT2D eigenvalue weighted by atomic mass is 10.0. The summed E-state index contributed by atoms with van der Waals surface area (Å²) in [4.78, 5) is 49.7. The molecule has 1 aromatic heterocycles. The van der Waals surface area contributed by atoms with Crippen molar-refractivity contribution >= 4 is 11.7 Å². The molecule has 0 bridgehead atoms. The van der Waals surface area contributed by atoms with E-state index in [0.717, 1.165) is 10.9 Å². The fourth-order valence-corrected chi connectivity index (χ4v) is 3.57. The van der Waals surface area contributed by atoms with E-state index in [1.165, 1.54) is 42.5 Å². The Morgan fingerprint density at radius 2 is 1.60 bits per heavy atom.